The highest BCUT2D eigenvalue weighted by molar-refractivity contribution is 7.89. The molecule has 0 saturated heterocycles. The molecule has 1 saturated carbocycles. The maximum Gasteiger partial charge on any atom is 0.241 e. The average molecular weight is 319 g/mol. The summed E-state index contributed by atoms with van der Waals surface area (Å²) in [6, 6.07) is 6.93. The molecule has 1 fully saturated rings. The summed E-state index contributed by atoms with van der Waals surface area (Å²) >= 11 is 0. The Kier molecular flexibility index (Phi) is 4.42. The van der Waals surface area contributed by atoms with Crippen molar-refractivity contribution >= 4 is 20.8 Å². The lowest BCUT2D eigenvalue weighted by molar-refractivity contribution is 0.296. The van der Waals surface area contributed by atoms with Gasteiger partial charge in [-0.05, 0) is 37.4 Å². The Morgan fingerprint density at radius 1 is 1.23 bits per heavy atom. The summed E-state index contributed by atoms with van der Waals surface area (Å²) < 4.78 is 28.5. The summed E-state index contributed by atoms with van der Waals surface area (Å²) in [5, 5.41) is 1.52. The van der Waals surface area contributed by atoms with Gasteiger partial charge >= 0.3 is 0 Å². The Labute approximate surface area is 131 Å². The fourth-order valence-electron chi connectivity index (χ4n) is 3.23. The van der Waals surface area contributed by atoms with Crippen LogP contribution in [0.5, 0.6) is 0 Å². The first kappa shape index (κ1) is 15.4. The van der Waals surface area contributed by atoms with Gasteiger partial charge in [-0.15, -0.1) is 0 Å². The number of aromatic nitrogens is 1. The minimum Gasteiger partial charge on any atom is -0.330 e. The van der Waals surface area contributed by atoms with Crippen LogP contribution in [0, 0.1) is 5.92 Å². The second-order valence-corrected chi connectivity index (χ2v) is 7.54. The smallest absolute Gasteiger partial charge is 0.241 e. The van der Waals surface area contributed by atoms with Crippen LogP contribution in [0.25, 0.3) is 10.8 Å². The van der Waals surface area contributed by atoms with Crippen molar-refractivity contribution in [2.75, 3.05) is 6.54 Å². The van der Waals surface area contributed by atoms with Gasteiger partial charge < -0.3 is 5.73 Å². The number of fused-ring (bicyclic) bond motifs is 1. The SMILES string of the molecule is NC[C@@H]1CCCC[C@H]1NS(=O)(=O)c1cccc2cnccc12. The number of hydrogen-bond acceptors (Lipinski definition) is 4. The lowest BCUT2D eigenvalue weighted by atomic mass is 9.85. The minimum absolute atomic E-state index is 0.0687. The number of nitrogens with one attached hydrogen (secondary N) is 1. The number of pyridine rings is 1. The van der Waals surface area contributed by atoms with Crippen molar-refractivity contribution < 1.29 is 8.42 Å². The molecule has 2 aromatic rings. The molecule has 3 N–H and O–H groups in total. The highest BCUT2D eigenvalue weighted by atomic mass is 32.2. The lowest BCUT2D eigenvalue weighted by Crippen LogP contribution is -2.44. The molecule has 0 radical (unpaired) electrons. The molecule has 1 aromatic heterocycles. The summed E-state index contributed by atoms with van der Waals surface area (Å²) in [6.45, 7) is 0.520. The summed E-state index contributed by atoms with van der Waals surface area (Å²) in [7, 11) is -3.56. The van der Waals surface area contributed by atoms with Gasteiger partial charge in [0.25, 0.3) is 0 Å². The largest absolute Gasteiger partial charge is 0.330 e. The van der Waals surface area contributed by atoms with Crippen LogP contribution < -0.4 is 10.5 Å². The molecule has 0 unspecified atom stereocenters. The van der Waals surface area contributed by atoms with Gasteiger partial charge in [0.15, 0.2) is 0 Å². The van der Waals surface area contributed by atoms with Crippen molar-refractivity contribution in [2.45, 2.75) is 36.6 Å². The van der Waals surface area contributed by atoms with Gasteiger partial charge in [0.2, 0.25) is 10.0 Å². The van der Waals surface area contributed by atoms with Crippen molar-refractivity contribution in [1.82, 2.24) is 9.71 Å². The number of sulfonamides is 1. The molecule has 6 heteroatoms. The summed E-state index contributed by atoms with van der Waals surface area (Å²) in [5.41, 5.74) is 5.80. The van der Waals surface area contributed by atoms with Gasteiger partial charge in [0.05, 0.1) is 4.90 Å². The highest BCUT2D eigenvalue weighted by Crippen LogP contribution is 2.27. The summed E-state index contributed by atoms with van der Waals surface area (Å²) in [4.78, 5) is 4.36. The predicted octanol–water partition coefficient (Wildman–Crippen LogP) is 2.03. The van der Waals surface area contributed by atoms with Gasteiger partial charge in [-0.25, -0.2) is 13.1 Å². The van der Waals surface area contributed by atoms with E-state index in [0.29, 0.717) is 16.8 Å². The first-order chi connectivity index (χ1) is 10.6. The van der Waals surface area contributed by atoms with Crippen LogP contribution in [0.1, 0.15) is 25.7 Å². The minimum atomic E-state index is -3.56. The predicted molar refractivity (Wildman–Crippen MR) is 86.9 cm³/mol. The number of nitrogens with zero attached hydrogens (tertiary/aromatic N) is 1. The van der Waals surface area contributed by atoms with E-state index in [-0.39, 0.29) is 12.0 Å². The van der Waals surface area contributed by atoms with Crippen molar-refractivity contribution in [2.24, 2.45) is 11.7 Å². The second-order valence-electron chi connectivity index (χ2n) is 5.86. The Morgan fingerprint density at radius 3 is 2.86 bits per heavy atom. The maximum absolute atomic E-state index is 12.8. The standard InChI is InChI=1S/C16H21N3O2S/c17-10-12-4-1-2-6-15(12)19-22(20,21)16-7-3-5-13-11-18-9-8-14(13)16/h3,5,7-9,11-12,15,19H,1-2,4,6,10,17H2/t12-,15+/m0/s1. The lowest BCUT2D eigenvalue weighted by Gasteiger charge is -2.31. The van der Waals surface area contributed by atoms with Gasteiger partial charge in [0, 0.05) is 29.2 Å². The van der Waals surface area contributed by atoms with Gasteiger partial charge in [-0.3, -0.25) is 4.98 Å². The fraction of sp³-hybridized carbons (Fsp3) is 0.438. The van der Waals surface area contributed by atoms with Crippen molar-refractivity contribution in [3.05, 3.63) is 36.7 Å². The molecule has 0 spiro atoms. The van der Waals surface area contributed by atoms with E-state index in [2.05, 4.69) is 9.71 Å². The number of hydrogen-bond donors (Lipinski definition) is 2. The molecule has 0 bridgehead atoms. The van der Waals surface area contributed by atoms with E-state index in [1.165, 1.54) is 0 Å². The normalized spacial score (nSPS) is 22.8. The monoisotopic (exact) mass is 319 g/mol. The topological polar surface area (TPSA) is 85.1 Å². The molecule has 1 heterocycles. The number of rotatable bonds is 4. The Bertz CT molecular complexity index is 756. The van der Waals surface area contributed by atoms with Gasteiger partial charge in [-0.2, -0.15) is 0 Å². The third-order valence-electron chi connectivity index (χ3n) is 4.45. The van der Waals surface area contributed by atoms with E-state index in [4.69, 9.17) is 5.73 Å². The van der Waals surface area contributed by atoms with Crippen LogP contribution >= 0.6 is 0 Å². The molecule has 1 aromatic carbocycles. The van der Waals surface area contributed by atoms with Crippen LogP contribution in [0.4, 0.5) is 0 Å². The fourth-order valence-corrected chi connectivity index (χ4v) is 4.80. The second kappa shape index (κ2) is 6.32. The van der Waals surface area contributed by atoms with Gasteiger partial charge in [0.1, 0.15) is 0 Å². The van der Waals surface area contributed by atoms with E-state index in [0.717, 1.165) is 31.1 Å². The zero-order chi connectivity index (χ0) is 15.6. The molecular formula is C16H21N3O2S. The first-order valence-corrected chi connectivity index (χ1v) is 9.15. The van der Waals surface area contributed by atoms with Crippen LogP contribution in [0.3, 0.4) is 0 Å². The molecule has 2 atom stereocenters. The third kappa shape index (κ3) is 2.99. The highest BCUT2D eigenvalue weighted by Gasteiger charge is 2.29. The van der Waals surface area contributed by atoms with Crippen molar-refractivity contribution in [1.29, 1.82) is 0 Å². The first-order valence-electron chi connectivity index (χ1n) is 7.67. The van der Waals surface area contributed by atoms with Crippen molar-refractivity contribution in [3.8, 4) is 0 Å². The molecule has 22 heavy (non-hydrogen) atoms. The molecule has 0 amide bonds. The Morgan fingerprint density at radius 2 is 2.05 bits per heavy atom. The zero-order valence-electron chi connectivity index (χ0n) is 12.4. The average Bonchev–Trinajstić information content (AvgIpc) is 2.54. The van der Waals surface area contributed by atoms with E-state index in [1.54, 1.807) is 30.6 Å². The molecule has 3 rings (SSSR count). The number of nitrogens with two attached hydrogens (primary N) is 1. The maximum atomic E-state index is 12.8. The summed E-state index contributed by atoms with van der Waals surface area (Å²) in [6.07, 6.45) is 7.31. The molecule has 1 aliphatic carbocycles. The van der Waals surface area contributed by atoms with Crippen molar-refractivity contribution in [3.63, 3.8) is 0 Å². The number of benzene rings is 1. The quantitative estimate of drug-likeness (QED) is 0.903. The van der Waals surface area contributed by atoms with Crippen LogP contribution in [0.2, 0.25) is 0 Å². The van der Waals surface area contributed by atoms with E-state index in [9.17, 15) is 8.42 Å². The van der Waals surface area contributed by atoms with E-state index >= 15 is 0 Å². The van der Waals surface area contributed by atoms with E-state index in [1.807, 2.05) is 6.07 Å². The Balaban J connectivity index is 1.95. The molecule has 118 valence electrons. The van der Waals surface area contributed by atoms with Crippen LogP contribution in [0.15, 0.2) is 41.6 Å². The molecule has 0 aliphatic heterocycles. The van der Waals surface area contributed by atoms with E-state index < -0.39 is 10.0 Å². The van der Waals surface area contributed by atoms with Crippen LogP contribution in [-0.4, -0.2) is 26.0 Å². The Hall–Kier alpha value is -1.50. The molecular weight excluding hydrogens is 298 g/mol. The van der Waals surface area contributed by atoms with Crippen LogP contribution in [-0.2, 0) is 10.0 Å². The third-order valence-corrected chi connectivity index (χ3v) is 6.00. The zero-order valence-corrected chi connectivity index (χ0v) is 13.2. The molecule has 1 aliphatic rings. The van der Waals surface area contributed by atoms with Gasteiger partial charge in [-0.1, -0.05) is 25.0 Å². The summed E-state index contributed by atoms with van der Waals surface area (Å²) in [5.74, 6) is 0.222. The molecule has 5 nitrogen and oxygen atoms in total.